The molecule has 0 fully saturated rings. The number of hydrogen-bond acceptors (Lipinski definition) is 3. The summed E-state index contributed by atoms with van der Waals surface area (Å²) < 4.78 is 2.27. The van der Waals surface area contributed by atoms with Gasteiger partial charge in [-0.05, 0) is 25.1 Å². The topological polar surface area (TPSA) is 38.9 Å². The molecule has 0 aliphatic carbocycles. The first kappa shape index (κ1) is 9.12. The van der Waals surface area contributed by atoms with Crippen LogP contribution in [0.4, 0.5) is 0 Å². The van der Waals surface area contributed by atoms with Crippen molar-refractivity contribution in [2.24, 2.45) is 5.73 Å². The van der Waals surface area contributed by atoms with E-state index in [9.17, 15) is 0 Å². The number of halogens is 1. The molecule has 1 heterocycles. The Bertz CT molecular complexity index is 436. The fourth-order valence-corrected chi connectivity index (χ4v) is 2.58. The van der Waals surface area contributed by atoms with Gasteiger partial charge in [0.05, 0.1) is 16.3 Å². The lowest BCUT2D eigenvalue weighted by Crippen LogP contribution is -2.03. The first-order valence-electron chi connectivity index (χ1n) is 3.98. The zero-order valence-electron chi connectivity index (χ0n) is 7.12. The molecule has 0 saturated heterocycles. The van der Waals surface area contributed by atoms with Crippen molar-refractivity contribution >= 4 is 37.5 Å². The van der Waals surface area contributed by atoms with Crippen LogP contribution in [0.25, 0.3) is 10.2 Å². The van der Waals surface area contributed by atoms with Crippen LogP contribution in [-0.2, 0) is 0 Å². The molecule has 0 saturated carbocycles. The number of benzene rings is 1. The van der Waals surface area contributed by atoms with E-state index >= 15 is 0 Å². The Balaban J connectivity index is 2.62. The second-order valence-corrected chi connectivity index (χ2v) is 4.93. The van der Waals surface area contributed by atoms with Crippen LogP contribution in [0, 0.1) is 0 Å². The van der Waals surface area contributed by atoms with Gasteiger partial charge in [0.2, 0.25) is 0 Å². The van der Waals surface area contributed by atoms with Crippen molar-refractivity contribution in [1.82, 2.24) is 4.98 Å². The molecule has 0 aliphatic heterocycles. The molecule has 2 N–H and O–H groups in total. The van der Waals surface area contributed by atoms with Gasteiger partial charge < -0.3 is 5.73 Å². The minimum atomic E-state index is 0.0242. The second-order valence-electron chi connectivity index (χ2n) is 2.95. The number of aromatic nitrogens is 1. The summed E-state index contributed by atoms with van der Waals surface area (Å²) >= 11 is 5.08. The van der Waals surface area contributed by atoms with Crippen molar-refractivity contribution in [2.45, 2.75) is 13.0 Å². The summed E-state index contributed by atoms with van der Waals surface area (Å²) in [4.78, 5) is 4.43. The molecule has 1 aromatic heterocycles. The molecule has 4 heteroatoms. The standard InChI is InChI=1S/C9H9BrN2S/c1-5(11)9-12-7-3-2-6(10)4-8(7)13-9/h2-5H,11H2,1H3/t5-/m0/s1. The first-order valence-corrected chi connectivity index (χ1v) is 5.59. The van der Waals surface area contributed by atoms with E-state index in [2.05, 4.69) is 27.0 Å². The van der Waals surface area contributed by atoms with Gasteiger partial charge in [-0.15, -0.1) is 11.3 Å². The average molecular weight is 257 g/mol. The van der Waals surface area contributed by atoms with E-state index in [0.29, 0.717) is 0 Å². The summed E-state index contributed by atoms with van der Waals surface area (Å²) in [7, 11) is 0. The molecule has 68 valence electrons. The zero-order valence-corrected chi connectivity index (χ0v) is 9.52. The minimum Gasteiger partial charge on any atom is -0.322 e. The second kappa shape index (κ2) is 3.36. The van der Waals surface area contributed by atoms with E-state index < -0.39 is 0 Å². The summed E-state index contributed by atoms with van der Waals surface area (Å²) in [5.41, 5.74) is 6.78. The van der Waals surface area contributed by atoms with E-state index in [4.69, 9.17) is 5.73 Å². The van der Waals surface area contributed by atoms with Gasteiger partial charge in [0.25, 0.3) is 0 Å². The van der Waals surface area contributed by atoms with Crippen LogP contribution in [0.5, 0.6) is 0 Å². The highest BCUT2D eigenvalue weighted by Crippen LogP contribution is 2.27. The van der Waals surface area contributed by atoms with Crippen LogP contribution >= 0.6 is 27.3 Å². The maximum atomic E-state index is 5.75. The molecule has 2 nitrogen and oxygen atoms in total. The fourth-order valence-electron chi connectivity index (χ4n) is 1.11. The quantitative estimate of drug-likeness (QED) is 0.852. The largest absolute Gasteiger partial charge is 0.322 e. The predicted molar refractivity (Wildman–Crippen MR) is 59.9 cm³/mol. The Labute approximate surface area is 88.9 Å². The normalized spacial score (nSPS) is 13.5. The molecule has 0 amide bonds. The molecule has 2 aromatic rings. The summed E-state index contributed by atoms with van der Waals surface area (Å²) in [6, 6.07) is 6.09. The van der Waals surface area contributed by atoms with Crippen molar-refractivity contribution in [3.63, 3.8) is 0 Å². The Morgan fingerprint density at radius 3 is 3.00 bits per heavy atom. The third kappa shape index (κ3) is 1.75. The maximum absolute atomic E-state index is 5.75. The molecule has 13 heavy (non-hydrogen) atoms. The van der Waals surface area contributed by atoms with Gasteiger partial charge in [-0.1, -0.05) is 15.9 Å². The highest BCUT2D eigenvalue weighted by molar-refractivity contribution is 9.10. The molecular formula is C9H9BrN2S. The van der Waals surface area contributed by atoms with Crippen molar-refractivity contribution in [1.29, 1.82) is 0 Å². The Morgan fingerprint density at radius 1 is 1.54 bits per heavy atom. The summed E-state index contributed by atoms with van der Waals surface area (Å²) in [5.74, 6) is 0. The van der Waals surface area contributed by atoms with Crippen molar-refractivity contribution in [2.75, 3.05) is 0 Å². The highest BCUT2D eigenvalue weighted by Gasteiger charge is 2.06. The number of fused-ring (bicyclic) bond motifs is 1. The Kier molecular flexibility index (Phi) is 2.36. The number of hydrogen-bond donors (Lipinski definition) is 1. The third-order valence-electron chi connectivity index (χ3n) is 1.76. The minimum absolute atomic E-state index is 0.0242. The summed E-state index contributed by atoms with van der Waals surface area (Å²) in [5, 5.41) is 0.994. The van der Waals surface area contributed by atoms with E-state index in [1.807, 2.05) is 19.1 Å². The number of nitrogens with zero attached hydrogens (tertiary/aromatic N) is 1. The smallest absolute Gasteiger partial charge is 0.110 e. The Hall–Kier alpha value is -0.450. The van der Waals surface area contributed by atoms with Crippen LogP contribution in [-0.4, -0.2) is 4.98 Å². The molecule has 0 bridgehead atoms. The van der Waals surface area contributed by atoms with Gasteiger partial charge in [0, 0.05) is 4.47 Å². The molecule has 1 aromatic carbocycles. The lowest BCUT2D eigenvalue weighted by molar-refractivity contribution is 0.810. The van der Waals surface area contributed by atoms with Crippen molar-refractivity contribution in [3.05, 3.63) is 27.7 Å². The molecular weight excluding hydrogens is 248 g/mol. The third-order valence-corrected chi connectivity index (χ3v) is 3.47. The predicted octanol–water partition coefficient (Wildman–Crippen LogP) is 3.08. The van der Waals surface area contributed by atoms with Crippen LogP contribution in [0.1, 0.15) is 18.0 Å². The van der Waals surface area contributed by atoms with E-state index in [1.54, 1.807) is 11.3 Å². The zero-order chi connectivity index (χ0) is 9.42. The van der Waals surface area contributed by atoms with Crippen molar-refractivity contribution < 1.29 is 0 Å². The molecule has 2 rings (SSSR count). The molecule has 0 radical (unpaired) electrons. The molecule has 0 unspecified atom stereocenters. The molecule has 0 aliphatic rings. The molecule has 0 spiro atoms. The van der Waals surface area contributed by atoms with E-state index in [0.717, 1.165) is 15.0 Å². The van der Waals surface area contributed by atoms with Gasteiger partial charge in [0.1, 0.15) is 5.01 Å². The van der Waals surface area contributed by atoms with Crippen LogP contribution in [0.3, 0.4) is 0 Å². The lowest BCUT2D eigenvalue weighted by Gasteiger charge is -1.95. The van der Waals surface area contributed by atoms with E-state index in [-0.39, 0.29) is 6.04 Å². The highest BCUT2D eigenvalue weighted by atomic mass is 79.9. The lowest BCUT2D eigenvalue weighted by atomic mass is 10.3. The van der Waals surface area contributed by atoms with Crippen LogP contribution in [0.15, 0.2) is 22.7 Å². The Morgan fingerprint density at radius 2 is 2.31 bits per heavy atom. The fraction of sp³-hybridized carbons (Fsp3) is 0.222. The number of nitrogens with two attached hydrogens (primary N) is 1. The average Bonchev–Trinajstić information content (AvgIpc) is 2.46. The monoisotopic (exact) mass is 256 g/mol. The summed E-state index contributed by atoms with van der Waals surface area (Å²) in [6.45, 7) is 1.95. The maximum Gasteiger partial charge on any atom is 0.110 e. The van der Waals surface area contributed by atoms with Gasteiger partial charge in [-0.2, -0.15) is 0 Å². The van der Waals surface area contributed by atoms with Gasteiger partial charge in [0.15, 0.2) is 0 Å². The molecule has 1 atom stereocenters. The van der Waals surface area contributed by atoms with Crippen molar-refractivity contribution in [3.8, 4) is 0 Å². The number of rotatable bonds is 1. The van der Waals surface area contributed by atoms with E-state index in [1.165, 1.54) is 4.70 Å². The van der Waals surface area contributed by atoms with Gasteiger partial charge in [-0.3, -0.25) is 0 Å². The number of thiazole rings is 1. The first-order chi connectivity index (χ1) is 6.16. The SMILES string of the molecule is C[C@H](N)c1nc2ccc(Br)cc2s1. The van der Waals surface area contributed by atoms with Crippen LogP contribution in [0.2, 0.25) is 0 Å². The van der Waals surface area contributed by atoms with Gasteiger partial charge in [-0.25, -0.2) is 4.98 Å². The van der Waals surface area contributed by atoms with Gasteiger partial charge >= 0.3 is 0 Å². The van der Waals surface area contributed by atoms with Crippen LogP contribution < -0.4 is 5.73 Å². The summed E-state index contributed by atoms with van der Waals surface area (Å²) in [6.07, 6.45) is 0.